The van der Waals surface area contributed by atoms with E-state index in [1.54, 1.807) is 12.1 Å². The SMILES string of the molecule is O=C(Nc1ccc(F)nc1)c1cccs1. The Balaban J connectivity index is 2.09. The minimum atomic E-state index is -0.566. The normalized spacial score (nSPS) is 9.93. The Morgan fingerprint density at radius 2 is 2.27 bits per heavy atom. The molecule has 15 heavy (non-hydrogen) atoms. The first-order chi connectivity index (χ1) is 7.25. The van der Waals surface area contributed by atoms with Crippen LogP contribution in [0, 0.1) is 5.95 Å². The molecule has 1 N–H and O–H groups in total. The van der Waals surface area contributed by atoms with Crippen LogP contribution < -0.4 is 5.32 Å². The highest BCUT2D eigenvalue weighted by molar-refractivity contribution is 7.12. The maximum atomic E-state index is 12.5. The van der Waals surface area contributed by atoms with Crippen LogP contribution in [0.5, 0.6) is 0 Å². The first kappa shape index (κ1) is 9.79. The van der Waals surface area contributed by atoms with Crippen LogP contribution >= 0.6 is 11.3 Å². The number of nitrogens with one attached hydrogen (secondary N) is 1. The number of nitrogens with zero attached hydrogens (tertiary/aromatic N) is 1. The molecule has 0 unspecified atom stereocenters. The molecule has 2 aromatic rings. The molecule has 0 aliphatic rings. The van der Waals surface area contributed by atoms with Gasteiger partial charge in [0, 0.05) is 0 Å². The van der Waals surface area contributed by atoms with Gasteiger partial charge >= 0.3 is 0 Å². The zero-order chi connectivity index (χ0) is 10.7. The molecule has 5 heteroatoms. The number of hydrogen-bond donors (Lipinski definition) is 1. The van der Waals surface area contributed by atoms with Crippen molar-refractivity contribution in [3.8, 4) is 0 Å². The minimum Gasteiger partial charge on any atom is -0.320 e. The molecule has 0 aliphatic carbocycles. The van der Waals surface area contributed by atoms with E-state index in [-0.39, 0.29) is 5.91 Å². The number of aromatic nitrogens is 1. The number of pyridine rings is 1. The van der Waals surface area contributed by atoms with Gasteiger partial charge in [-0.15, -0.1) is 11.3 Å². The van der Waals surface area contributed by atoms with Crippen molar-refractivity contribution in [1.29, 1.82) is 0 Å². The van der Waals surface area contributed by atoms with E-state index in [0.29, 0.717) is 10.6 Å². The van der Waals surface area contributed by atoms with Crippen LogP contribution in [-0.4, -0.2) is 10.9 Å². The van der Waals surface area contributed by atoms with E-state index in [2.05, 4.69) is 10.3 Å². The summed E-state index contributed by atoms with van der Waals surface area (Å²) in [5.74, 6) is -0.775. The number of thiophene rings is 1. The Morgan fingerprint density at radius 1 is 1.40 bits per heavy atom. The van der Waals surface area contributed by atoms with Crippen LogP contribution in [0.3, 0.4) is 0 Å². The predicted molar refractivity (Wildman–Crippen MR) is 56.5 cm³/mol. The van der Waals surface area contributed by atoms with Crippen molar-refractivity contribution in [3.05, 3.63) is 46.7 Å². The maximum Gasteiger partial charge on any atom is 0.265 e. The molecular weight excluding hydrogens is 215 g/mol. The molecule has 3 nitrogen and oxygen atoms in total. The third-order valence-electron chi connectivity index (χ3n) is 1.73. The predicted octanol–water partition coefficient (Wildman–Crippen LogP) is 2.53. The Kier molecular flexibility index (Phi) is 2.73. The van der Waals surface area contributed by atoms with Crippen molar-refractivity contribution in [1.82, 2.24) is 4.98 Å². The second-order valence-electron chi connectivity index (χ2n) is 2.80. The molecule has 1 amide bonds. The van der Waals surface area contributed by atoms with E-state index < -0.39 is 5.95 Å². The highest BCUT2D eigenvalue weighted by Crippen LogP contribution is 2.12. The average molecular weight is 222 g/mol. The highest BCUT2D eigenvalue weighted by Gasteiger charge is 2.06. The van der Waals surface area contributed by atoms with Crippen LogP contribution in [0.25, 0.3) is 0 Å². The first-order valence-electron chi connectivity index (χ1n) is 4.22. The fraction of sp³-hybridized carbons (Fsp3) is 0. The average Bonchev–Trinajstić information content (AvgIpc) is 2.74. The smallest absolute Gasteiger partial charge is 0.265 e. The van der Waals surface area contributed by atoms with E-state index >= 15 is 0 Å². The third-order valence-corrected chi connectivity index (χ3v) is 2.60. The number of rotatable bonds is 2. The second kappa shape index (κ2) is 4.18. The van der Waals surface area contributed by atoms with Gasteiger partial charge in [0.05, 0.1) is 16.8 Å². The van der Waals surface area contributed by atoms with E-state index in [4.69, 9.17) is 0 Å². The number of hydrogen-bond acceptors (Lipinski definition) is 3. The van der Waals surface area contributed by atoms with Gasteiger partial charge in [-0.2, -0.15) is 4.39 Å². The summed E-state index contributed by atoms with van der Waals surface area (Å²) in [6.45, 7) is 0. The zero-order valence-electron chi connectivity index (χ0n) is 7.61. The van der Waals surface area contributed by atoms with Gasteiger partial charge in [0.2, 0.25) is 5.95 Å². The topological polar surface area (TPSA) is 42.0 Å². The molecule has 2 aromatic heterocycles. The molecule has 0 fully saturated rings. The highest BCUT2D eigenvalue weighted by atomic mass is 32.1. The van der Waals surface area contributed by atoms with Crippen LogP contribution in [-0.2, 0) is 0 Å². The molecule has 2 heterocycles. The standard InChI is InChI=1S/C10H7FN2OS/c11-9-4-3-7(6-12-9)13-10(14)8-2-1-5-15-8/h1-6H,(H,13,14). The van der Waals surface area contributed by atoms with Crippen LogP contribution in [0.15, 0.2) is 35.8 Å². The summed E-state index contributed by atoms with van der Waals surface area (Å²) < 4.78 is 12.5. The van der Waals surface area contributed by atoms with E-state index in [0.717, 1.165) is 0 Å². The van der Waals surface area contributed by atoms with Gasteiger partial charge in [0.25, 0.3) is 5.91 Å². The number of anilines is 1. The lowest BCUT2D eigenvalue weighted by molar-refractivity contribution is 0.103. The van der Waals surface area contributed by atoms with Gasteiger partial charge in [-0.3, -0.25) is 4.79 Å². The summed E-state index contributed by atoms with van der Waals surface area (Å²) in [6.07, 6.45) is 1.28. The molecule has 0 aromatic carbocycles. The van der Waals surface area contributed by atoms with Crippen molar-refractivity contribution in [3.63, 3.8) is 0 Å². The Morgan fingerprint density at radius 3 is 2.87 bits per heavy atom. The lowest BCUT2D eigenvalue weighted by atomic mass is 10.4. The van der Waals surface area contributed by atoms with Gasteiger partial charge in [0.15, 0.2) is 0 Å². The number of amides is 1. The molecular formula is C10H7FN2OS. The van der Waals surface area contributed by atoms with Crippen LogP contribution in [0.2, 0.25) is 0 Å². The quantitative estimate of drug-likeness (QED) is 0.793. The first-order valence-corrected chi connectivity index (χ1v) is 5.10. The van der Waals surface area contributed by atoms with Crippen molar-refractivity contribution < 1.29 is 9.18 Å². The Hall–Kier alpha value is -1.75. The van der Waals surface area contributed by atoms with E-state index in [1.807, 2.05) is 5.38 Å². The Bertz CT molecular complexity index is 453. The zero-order valence-corrected chi connectivity index (χ0v) is 8.42. The van der Waals surface area contributed by atoms with Gasteiger partial charge < -0.3 is 5.32 Å². The number of halogens is 1. The van der Waals surface area contributed by atoms with Crippen LogP contribution in [0.4, 0.5) is 10.1 Å². The molecule has 2 rings (SSSR count). The van der Waals surface area contributed by atoms with E-state index in [9.17, 15) is 9.18 Å². The molecule has 0 spiro atoms. The summed E-state index contributed by atoms with van der Waals surface area (Å²) in [7, 11) is 0. The molecule has 76 valence electrons. The Labute approximate surface area is 89.6 Å². The van der Waals surface area contributed by atoms with Gasteiger partial charge in [0.1, 0.15) is 0 Å². The van der Waals surface area contributed by atoms with Crippen molar-refractivity contribution >= 4 is 22.9 Å². The number of carbonyl (C=O) groups is 1. The molecule has 0 saturated carbocycles. The van der Waals surface area contributed by atoms with Crippen molar-refractivity contribution in [2.45, 2.75) is 0 Å². The molecule has 0 saturated heterocycles. The van der Waals surface area contributed by atoms with Gasteiger partial charge in [-0.05, 0) is 23.6 Å². The summed E-state index contributed by atoms with van der Waals surface area (Å²) in [5, 5.41) is 4.43. The fourth-order valence-electron chi connectivity index (χ4n) is 1.05. The summed E-state index contributed by atoms with van der Waals surface area (Å²) in [4.78, 5) is 15.6. The van der Waals surface area contributed by atoms with Gasteiger partial charge in [-0.25, -0.2) is 4.98 Å². The lowest BCUT2D eigenvalue weighted by Gasteiger charge is -2.01. The molecule has 0 radical (unpaired) electrons. The van der Waals surface area contributed by atoms with Crippen LogP contribution in [0.1, 0.15) is 9.67 Å². The summed E-state index contributed by atoms with van der Waals surface area (Å²) in [5.41, 5.74) is 0.481. The van der Waals surface area contributed by atoms with E-state index in [1.165, 1.54) is 29.7 Å². The fourth-order valence-corrected chi connectivity index (χ4v) is 1.67. The second-order valence-corrected chi connectivity index (χ2v) is 3.75. The summed E-state index contributed by atoms with van der Waals surface area (Å²) in [6, 6.07) is 6.18. The van der Waals surface area contributed by atoms with Gasteiger partial charge in [-0.1, -0.05) is 6.07 Å². The molecule has 0 aliphatic heterocycles. The lowest BCUT2D eigenvalue weighted by Crippen LogP contribution is -2.10. The molecule has 0 atom stereocenters. The van der Waals surface area contributed by atoms with Crippen molar-refractivity contribution in [2.24, 2.45) is 0 Å². The maximum absolute atomic E-state index is 12.5. The third kappa shape index (κ3) is 2.38. The largest absolute Gasteiger partial charge is 0.320 e. The minimum absolute atomic E-state index is 0.210. The number of carbonyl (C=O) groups excluding carboxylic acids is 1. The molecule has 0 bridgehead atoms. The van der Waals surface area contributed by atoms with Crippen molar-refractivity contribution in [2.75, 3.05) is 5.32 Å². The monoisotopic (exact) mass is 222 g/mol. The summed E-state index contributed by atoms with van der Waals surface area (Å²) >= 11 is 1.35.